The SMILES string of the molecule is CCC(C)C(NC(=O)C(N)CS)C(=O)N1CCCC1C(=O)NC(CCC(=O)O)C(=O)O. The van der Waals surface area contributed by atoms with Crippen LogP contribution < -0.4 is 16.4 Å². The lowest BCUT2D eigenvalue weighted by molar-refractivity contribution is -0.146. The molecule has 0 spiro atoms. The van der Waals surface area contributed by atoms with Gasteiger partial charge in [-0.15, -0.1) is 0 Å². The molecule has 176 valence electrons. The third-order valence-electron chi connectivity index (χ3n) is 5.41. The molecule has 1 fully saturated rings. The van der Waals surface area contributed by atoms with E-state index in [1.54, 1.807) is 6.92 Å². The van der Waals surface area contributed by atoms with E-state index in [0.717, 1.165) is 0 Å². The number of carbonyl (C=O) groups is 5. The number of carboxylic acid groups (broad SMARTS) is 2. The van der Waals surface area contributed by atoms with Crippen molar-refractivity contribution in [3.8, 4) is 0 Å². The van der Waals surface area contributed by atoms with Crippen molar-refractivity contribution >= 4 is 42.3 Å². The molecule has 0 aromatic heterocycles. The summed E-state index contributed by atoms with van der Waals surface area (Å²) in [6, 6.07) is -4.05. The Kier molecular flexibility index (Phi) is 10.8. The fraction of sp³-hybridized carbons (Fsp3) is 0.737. The Labute approximate surface area is 186 Å². The average molecular weight is 461 g/mol. The molecule has 3 amide bonds. The molecular weight excluding hydrogens is 428 g/mol. The highest BCUT2D eigenvalue weighted by molar-refractivity contribution is 7.80. The van der Waals surface area contributed by atoms with Crippen molar-refractivity contribution in [3.63, 3.8) is 0 Å². The maximum atomic E-state index is 13.2. The Balaban J connectivity index is 2.95. The summed E-state index contributed by atoms with van der Waals surface area (Å²) >= 11 is 3.99. The lowest BCUT2D eigenvalue weighted by Crippen LogP contribution is -2.58. The van der Waals surface area contributed by atoms with E-state index in [1.807, 2.05) is 6.92 Å². The van der Waals surface area contributed by atoms with Crippen LogP contribution >= 0.6 is 12.6 Å². The summed E-state index contributed by atoms with van der Waals surface area (Å²) < 4.78 is 0. The molecule has 0 bridgehead atoms. The van der Waals surface area contributed by atoms with E-state index in [0.29, 0.717) is 19.3 Å². The third-order valence-corrected chi connectivity index (χ3v) is 5.80. The first-order chi connectivity index (χ1) is 14.5. The van der Waals surface area contributed by atoms with Gasteiger partial charge in [0, 0.05) is 18.7 Å². The number of amides is 3. The Morgan fingerprint density at radius 1 is 1.19 bits per heavy atom. The van der Waals surface area contributed by atoms with Gasteiger partial charge >= 0.3 is 11.9 Å². The highest BCUT2D eigenvalue weighted by Gasteiger charge is 2.40. The molecule has 1 saturated heterocycles. The number of hydrogen-bond acceptors (Lipinski definition) is 7. The zero-order chi connectivity index (χ0) is 23.7. The van der Waals surface area contributed by atoms with Crippen molar-refractivity contribution in [2.75, 3.05) is 12.3 Å². The molecule has 5 unspecified atom stereocenters. The van der Waals surface area contributed by atoms with E-state index in [2.05, 4.69) is 23.3 Å². The molecule has 1 heterocycles. The zero-order valence-electron chi connectivity index (χ0n) is 17.7. The number of aliphatic carboxylic acids is 2. The maximum absolute atomic E-state index is 13.2. The standard InChI is InChI=1S/C19H32N4O7S/c1-3-10(2)15(22-16(26)11(20)9-31)18(28)23-8-4-5-13(23)17(27)21-12(19(29)30)6-7-14(24)25/h10-13,15,31H,3-9,20H2,1-2H3,(H,21,27)(H,22,26)(H,24,25)(H,29,30). The summed E-state index contributed by atoms with van der Waals surface area (Å²) in [4.78, 5) is 61.6. The fourth-order valence-corrected chi connectivity index (χ4v) is 3.47. The van der Waals surface area contributed by atoms with Gasteiger partial charge < -0.3 is 31.5 Å². The van der Waals surface area contributed by atoms with Crippen LogP contribution in [0.1, 0.15) is 46.0 Å². The summed E-state index contributed by atoms with van der Waals surface area (Å²) in [7, 11) is 0. The average Bonchev–Trinajstić information content (AvgIpc) is 3.22. The molecule has 31 heavy (non-hydrogen) atoms. The topological polar surface area (TPSA) is 179 Å². The number of carboxylic acids is 2. The van der Waals surface area contributed by atoms with Crippen LogP contribution in [0.2, 0.25) is 0 Å². The smallest absolute Gasteiger partial charge is 0.326 e. The van der Waals surface area contributed by atoms with Crippen LogP contribution in [0, 0.1) is 5.92 Å². The monoisotopic (exact) mass is 460 g/mol. The number of nitrogens with zero attached hydrogens (tertiary/aromatic N) is 1. The van der Waals surface area contributed by atoms with Crippen molar-refractivity contribution in [2.45, 2.75) is 70.1 Å². The number of likely N-dealkylation sites (tertiary alicyclic amines) is 1. The molecular formula is C19H32N4O7S. The van der Waals surface area contributed by atoms with Crippen LogP contribution in [-0.2, 0) is 24.0 Å². The molecule has 12 heteroatoms. The predicted molar refractivity (Wildman–Crippen MR) is 114 cm³/mol. The minimum atomic E-state index is -1.38. The lowest BCUT2D eigenvalue weighted by Gasteiger charge is -2.32. The van der Waals surface area contributed by atoms with Gasteiger partial charge in [-0.2, -0.15) is 12.6 Å². The minimum absolute atomic E-state index is 0.106. The third kappa shape index (κ3) is 7.69. The highest BCUT2D eigenvalue weighted by atomic mass is 32.1. The van der Waals surface area contributed by atoms with Gasteiger partial charge in [0.05, 0.1) is 6.04 Å². The number of nitrogens with two attached hydrogens (primary N) is 1. The van der Waals surface area contributed by atoms with Crippen molar-refractivity contribution in [3.05, 3.63) is 0 Å². The molecule has 0 saturated carbocycles. The van der Waals surface area contributed by atoms with Crippen molar-refractivity contribution < 1.29 is 34.2 Å². The van der Waals surface area contributed by atoms with Crippen molar-refractivity contribution in [1.82, 2.24) is 15.5 Å². The van der Waals surface area contributed by atoms with Gasteiger partial charge in [-0.05, 0) is 25.2 Å². The van der Waals surface area contributed by atoms with Gasteiger partial charge in [0.1, 0.15) is 18.1 Å². The first-order valence-electron chi connectivity index (χ1n) is 10.3. The molecule has 6 N–H and O–H groups in total. The van der Waals surface area contributed by atoms with E-state index in [4.69, 9.17) is 10.8 Å². The quantitative estimate of drug-likeness (QED) is 0.205. The summed E-state index contributed by atoms with van der Waals surface area (Å²) in [5.74, 6) is -4.27. The van der Waals surface area contributed by atoms with Crippen molar-refractivity contribution in [2.24, 2.45) is 11.7 Å². The van der Waals surface area contributed by atoms with Gasteiger partial charge in [-0.1, -0.05) is 20.3 Å². The van der Waals surface area contributed by atoms with Crippen LogP contribution in [0.5, 0.6) is 0 Å². The molecule has 1 rings (SSSR count). The van der Waals surface area contributed by atoms with Crippen molar-refractivity contribution in [1.29, 1.82) is 0 Å². The number of rotatable bonds is 12. The van der Waals surface area contributed by atoms with Crippen LogP contribution in [0.25, 0.3) is 0 Å². The van der Waals surface area contributed by atoms with E-state index in [-0.39, 0.29) is 24.6 Å². The first-order valence-corrected chi connectivity index (χ1v) is 10.9. The maximum Gasteiger partial charge on any atom is 0.326 e. The van der Waals surface area contributed by atoms with E-state index in [1.165, 1.54) is 4.90 Å². The zero-order valence-corrected chi connectivity index (χ0v) is 18.6. The molecule has 0 aliphatic carbocycles. The molecule has 11 nitrogen and oxygen atoms in total. The van der Waals surface area contributed by atoms with Gasteiger partial charge in [-0.25, -0.2) is 4.79 Å². The molecule has 1 aliphatic heterocycles. The molecule has 0 radical (unpaired) electrons. The molecule has 0 aromatic carbocycles. The van der Waals surface area contributed by atoms with Gasteiger partial charge in [-0.3, -0.25) is 19.2 Å². The normalized spacial score (nSPS) is 19.7. The number of carbonyl (C=O) groups excluding carboxylic acids is 3. The number of hydrogen-bond donors (Lipinski definition) is 6. The Hall–Kier alpha value is -2.34. The summed E-state index contributed by atoms with van der Waals surface area (Å²) in [6.45, 7) is 3.95. The summed E-state index contributed by atoms with van der Waals surface area (Å²) in [5, 5.41) is 23.0. The Bertz CT molecular complexity index is 690. The fourth-order valence-electron chi connectivity index (χ4n) is 3.30. The first kappa shape index (κ1) is 26.7. The minimum Gasteiger partial charge on any atom is -0.481 e. The van der Waals surface area contributed by atoms with Crippen LogP contribution in [0.3, 0.4) is 0 Å². The van der Waals surface area contributed by atoms with E-state index in [9.17, 15) is 29.1 Å². The van der Waals surface area contributed by atoms with Crippen LogP contribution in [-0.4, -0.2) is 81.2 Å². The Morgan fingerprint density at radius 3 is 2.35 bits per heavy atom. The molecule has 5 atom stereocenters. The van der Waals surface area contributed by atoms with E-state index >= 15 is 0 Å². The second kappa shape index (κ2) is 12.5. The number of thiol groups is 1. The highest BCUT2D eigenvalue weighted by Crippen LogP contribution is 2.22. The summed E-state index contributed by atoms with van der Waals surface area (Å²) in [5.41, 5.74) is 5.69. The lowest BCUT2D eigenvalue weighted by atomic mass is 9.97. The van der Waals surface area contributed by atoms with Gasteiger partial charge in [0.2, 0.25) is 17.7 Å². The van der Waals surface area contributed by atoms with Crippen LogP contribution in [0.4, 0.5) is 0 Å². The van der Waals surface area contributed by atoms with Gasteiger partial charge in [0.25, 0.3) is 0 Å². The largest absolute Gasteiger partial charge is 0.481 e. The van der Waals surface area contributed by atoms with E-state index < -0.39 is 60.2 Å². The predicted octanol–water partition coefficient (Wildman–Crippen LogP) is -0.800. The van der Waals surface area contributed by atoms with Crippen LogP contribution in [0.15, 0.2) is 0 Å². The second-order valence-corrected chi connectivity index (χ2v) is 8.05. The van der Waals surface area contributed by atoms with Gasteiger partial charge in [0.15, 0.2) is 0 Å². The number of nitrogens with one attached hydrogen (secondary N) is 2. The molecule has 1 aliphatic rings. The molecule has 0 aromatic rings. The second-order valence-electron chi connectivity index (χ2n) is 7.68. The Morgan fingerprint density at radius 2 is 1.84 bits per heavy atom. The summed E-state index contributed by atoms with van der Waals surface area (Å²) in [6.07, 6.45) is 0.768.